The molecule has 0 saturated heterocycles. The first-order chi connectivity index (χ1) is 8.45. The minimum Gasteiger partial charge on any atom is -0.457 e. The quantitative estimate of drug-likeness (QED) is 0.927. The summed E-state index contributed by atoms with van der Waals surface area (Å²) in [6.45, 7) is 0. The summed E-state index contributed by atoms with van der Waals surface area (Å²) < 4.78 is 40.3. The van der Waals surface area contributed by atoms with Crippen molar-refractivity contribution in [1.29, 1.82) is 0 Å². The van der Waals surface area contributed by atoms with Crippen LogP contribution in [0.1, 0.15) is 0 Å². The Labute approximate surface area is 104 Å². The number of hydrogen-bond acceptors (Lipinski definition) is 3. The van der Waals surface area contributed by atoms with Gasteiger partial charge < -0.3 is 4.74 Å². The predicted octanol–water partition coefficient (Wildman–Crippen LogP) is 2.27. The van der Waals surface area contributed by atoms with Gasteiger partial charge in [-0.25, -0.2) is 17.9 Å². The number of ether oxygens (including phenoxy) is 1. The van der Waals surface area contributed by atoms with Gasteiger partial charge >= 0.3 is 0 Å². The van der Waals surface area contributed by atoms with E-state index in [-0.39, 0.29) is 4.90 Å². The summed E-state index contributed by atoms with van der Waals surface area (Å²) in [5.41, 5.74) is 0. The normalized spacial score (nSPS) is 11.2. The van der Waals surface area contributed by atoms with Gasteiger partial charge in [0.2, 0.25) is 10.0 Å². The molecule has 0 saturated carbocycles. The van der Waals surface area contributed by atoms with Gasteiger partial charge in [0.15, 0.2) is 0 Å². The minimum absolute atomic E-state index is 0.00547. The lowest BCUT2D eigenvalue weighted by molar-refractivity contribution is 0.476. The molecule has 0 heterocycles. The van der Waals surface area contributed by atoms with E-state index in [4.69, 9.17) is 9.88 Å². The molecule has 0 aliphatic rings. The van der Waals surface area contributed by atoms with Gasteiger partial charge in [0.25, 0.3) is 0 Å². The van der Waals surface area contributed by atoms with E-state index in [1.165, 1.54) is 42.5 Å². The first-order valence-corrected chi connectivity index (χ1v) is 6.56. The Kier molecular flexibility index (Phi) is 3.31. The summed E-state index contributed by atoms with van der Waals surface area (Å²) >= 11 is 0. The number of halogens is 1. The van der Waals surface area contributed by atoms with Crippen LogP contribution in [0.5, 0.6) is 11.5 Å². The fourth-order valence-electron chi connectivity index (χ4n) is 1.36. The average molecular weight is 267 g/mol. The Morgan fingerprint density at radius 1 is 1.00 bits per heavy atom. The number of nitrogens with two attached hydrogens (primary N) is 1. The Morgan fingerprint density at radius 2 is 1.67 bits per heavy atom. The molecular weight excluding hydrogens is 257 g/mol. The summed E-state index contributed by atoms with van der Waals surface area (Å²) in [5.74, 6) is 0.319. The van der Waals surface area contributed by atoms with Gasteiger partial charge in [-0.15, -0.1) is 0 Å². The molecule has 94 valence electrons. The summed E-state index contributed by atoms with van der Waals surface area (Å²) in [6.07, 6.45) is 0. The highest BCUT2D eigenvalue weighted by Crippen LogP contribution is 2.22. The molecule has 0 atom stereocenters. The molecule has 18 heavy (non-hydrogen) atoms. The van der Waals surface area contributed by atoms with Gasteiger partial charge in [0.05, 0.1) is 4.90 Å². The molecule has 0 unspecified atom stereocenters. The van der Waals surface area contributed by atoms with Gasteiger partial charge in [-0.1, -0.05) is 6.07 Å². The lowest BCUT2D eigenvalue weighted by Gasteiger charge is -2.06. The molecule has 0 radical (unpaired) electrons. The Balaban J connectivity index is 2.21. The fourth-order valence-corrected chi connectivity index (χ4v) is 1.88. The SMILES string of the molecule is NS(=O)(=O)c1ccc(Oc2cccc(F)c2)cc1. The number of sulfonamides is 1. The van der Waals surface area contributed by atoms with E-state index in [9.17, 15) is 12.8 Å². The van der Waals surface area contributed by atoms with Gasteiger partial charge in [-0.3, -0.25) is 0 Å². The third kappa shape index (κ3) is 3.06. The Hall–Kier alpha value is -1.92. The zero-order chi connectivity index (χ0) is 13.2. The van der Waals surface area contributed by atoms with Gasteiger partial charge in [-0.2, -0.15) is 0 Å². The van der Waals surface area contributed by atoms with Crippen LogP contribution in [0.3, 0.4) is 0 Å². The maximum absolute atomic E-state index is 12.9. The van der Waals surface area contributed by atoms with Crippen molar-refractivity contribution >= 4 is 10.0 Å². The van der Waals surface area contributed by atoms with Crippen LogP contribution >= 0.6 is 0 Å². The van der Waals surface area contributed by atoms with E-state index in [1.807, 2.05) is 0 Å². The molecule has 6 heteroatoms. The molecule has 2 rings (SSSR count). The third-order valence-corrected chi connectivity index (χ3v) is 3.11. The van der Waals surface area contributed by atoms with Crippen molar-refractivity contribution in [2.45, 2.75) is 4.90 Å². The molecule has 2 aromatic rings. The van der Waals surface area contributed by atoms with E-state index >= 15 is 0 Å². The van der Waals surface area contributed by atoms with Gasteiger partial charge in [0, 0.05) is 6.07 Å². The average Bonchev–Trinajstić information content (AvgIpc) is 2.28. The molecule has 0 spiro atoms. The van der Waals surface area contributed by atoms with Crippen LogP contribution in [-0.4, -0.2) is 8.42 Å². The standard InChI is InChI=1S/C12H10FNO3S/c13-9-2-1-3-11(8-9)17-10-4-6-12(7-5-10)18(14,15)16/h1-8H,(H2,14,15,16). The predicted molar refractivity (Wildman–Crippen MR) is 64.3 cm³/mol. The van der Waals surface area contributed by atoms with Crippen LogP contribution in [0, 0.1) is 5.82 Å². The molecule has 4 nitrogen and oxygen atoms in total. The second-order valence-corrected chi connectivity index (χ2v) is 5.14. The Morgan fingerprint density at radius 3 is 2.22 bits per heavy atom. The highest BCUT2D eigenvalue weighted by Gasteiger charge is 2.07. The number of benzene rings is 2. The van der Waals surface area contributed by atoms with Crippen molar-refractivity contribution in [3.63, 3.8) is 0 Å². The first kappa shape index (κ1) is 12.5. The highest BCUT2D eigenvalue weighted by atomic mass is 32.2. The number of primary sulfonamides is 1. The van der Waals surface area contributed by atoms with E-state index in [1.54, 1.807) is 6.07 Å². The van der Waals surface area contributed by atoms with Crippen molar-refractivity contribution in [3.05, 3.63) is 54.3 Å². The summed E-state index contributed by atoms with van der Waals surface area (Å²) in [5, 5.41) is 4.96. The van der Waals surface area contributed by atoms with Crippen molar-refractivity contribution in [2.24, 2.45) is 5.14 Å². The maximum atomic E-state index is 12.9. The van der Waals surface area contributed by atoms with E-state index < -0.39 is 15.8 Å². The first-order valence-electron chi connectivity index (χ1n) is 5.01. The monoisotopic (exact) mass is 267 g/mol. The topological polar surface area (TPSA) is 69.4 Å². The van der Waals surface area contributed by atoms with Crippen LogP contribution < -0.4 is 9.88 Å². The zero-order valence-corrected chi connectivity index (χ0v) is 10.0. The van der Waals surface area contributed by atoms with Crippen LogP contribution in [0.25, 0.3) is 0 Å². The van der Waals surface area contributed by atoms with Crippen LogP contribution in [0.15, 0.2) is 53.4 Å². The molecule has 2 N–H and O–H groups in total. The smallest absolute Gasteiger partial charge is 0.238 e. The molecule has 0 aliphatic heterocycles. The van der Waals surface area contributed by atoms with Crippen LogP contribution in [-0.2, 0) is 10.0 Å². The van der Waals surface area contributed by atoms with Crippen molar-refractivity contribution in [3.8, 4) is 11.5 Å². The van der Waals surface area contributed by atoms with Gasteiger partial charge in [0.1, 0.15) is 17.3 Å². The molecule has 0 bridgehead atoms. The largest absolute Gasteiger partial charge is 0.457 e. The summed E-state index contributed by atoms with van der Waals surface area (Å²) in [4.78, 5) is -0.00547. The molecule has 2 aromatic carbocycles. The fraction of sp³-hybridized carbons (Fsp3) is 0. The Bertz CT molecular complexity index is 653. The molecule has 0 aliphatic carbocycles. The lowest BCUT2D eigenvalue weighted by Crippen LogP contribution is -2.11. The van der Waals surface area contributed by atoms with Crippen molar-refractivity contribution < 1.29 is 17.5 Å². The second-order valence-electron chi connectivity index (χ2n) is 3.58. The van der Waals surface area contributed by atoms with Crippen molar-refractivity contribution in [2.75, 3.05) is 0 Å². The molecule has 0 aromatic heterocycles. The van der Waals surface area contributed by atoms with Crippen LogP contribution in [0.4, 0.5) is 4.39 Å². The summed E-state index contributed by atoms with van der Waals surface area (Å²) in [7, 11) is -3.71. The second kappa shape index (κ2) is 4.75. The molecule has 0 amide bonds. The highest BCUT2D eigenvalue weighted by molar-refractivity contribution is 7.89. The minimum atomic E-state index is -3.71. The van der Waals surface area contributed by atoms with Crippen molar-refractivity contribution in [1.82, 2.24) is 0 Å². The summed E-state index contributed by atoms with van der Waals surface area (Å²) in [6, 6.07) is 11.2. The molecule has 0 fully saturated rings. The lowest BCUT2D eigenvalue weighted by atomic mass is 10.3. The van der Waals surface area contributed by atoms with E-state index in [0.29, 0.717) is 11.5 Å². The third-order valence-electron chi connectivity index (χ3n) is 2.18. The van der Waals surface area contributed by atoms with E-state index in [2.05, 4.69) is 0 Å². The van der Waals surface area contributed by atoms with E-state index in [0.717, 1.165) is 0 Å². The molecular formula is C12H10FNO3S. The number of hydrogen-bond donors (Lipinski definition) is 1. The van der Waals surface area contributed by atoms with Crippen LogP contribution in [0.2, 0.25) is 0 Å². The number of rotatable bonds is 3. The van der Waals surface area contributed by atoms with Gasteiger partial charge in [-0.05, 0) is 36.4 Å². The zero-order valence-electron chi connectivity index (χ0n) is 9.21. The maximum Gasteiger partial charge on any atom is 0.238 e.